The smallest absolute Gasteiger partial charge is 0.430 e. The molecule has 2 atom stereocenters. The number of nitrogens with one attached hydrogen (secondary N) is 2. The Hall–Kier alpha value is -4.12. The molecule has 3 aromatic rings. The van der Waals surface area contributed by atoms with Crippen molar-refractivity contribution in [1.29, 1.82) is 0 Å². The van der Waals surface area contributed by atoms with E-state index >= 15 is 0 Å². The Balaban J connectivity index is 1.42. The molecule has 3 aromatic carbocycles. The maximum Gasteiger partial charge on any atom is 0.430 e. The fraction of sp³-hybridized carbons (Fsp3) is 0.355. The molecule has 2 saturated heterocycles. The summed E-state index contributed by atoms with van der Waals surface area (Å²) in [5.41, 5.74) is -2.88. The van der Waals surface area contributed by atoms with Crippen LogP contribution in [-0.4, -0.2) is 55.3 Å². The average Bonchev–Trinajstić information content (AvgIpc) is 2.98. The third-order valence-electron chi connectivity index (χ3n) is 8.21. The van der Waals surface area contributed by atoms with E-state index < -0.39 is 41.0 Å². The number of methoxy groups -OCH3 is 1. The molecule has 2 heterocycles. The van der Waals surface area contributed by atoms with Gasteiger partial charge in [-0.05, 0) is 24.5 Å². The summed E-state index contributed by atoms with van der Waals surface area (Å²) in [6.45, 7) is 0.257. The number of benzene rings is 3. The van der Waals surface area contributed by atoms with Crippen LogP contribution in [0.15, 0.2) is 78.9 Å². The van der Waals surface area contributed by atoms with Gasteiger partial charge in [0.1, 0.15) is 18.2 Å². The number of ether oxygens (including phenoxy) is 2. The number of hydrogen-bond donors (Lipinski definition) is 2. The summed E-state index contributed by atoms with van der Waals surface area (Å²) in [6.07, 6.45) is -4.70. The second-order valence-electron chi connectivity index (χ2n) is 10.5. The van der Waals surface area contributed by atoms with Crippen molar-refractivity contribution in [3.05, 3.63) is 101 Å². The molecule has 1 spiro atoms. The standard InChI is InChI=1S/C31H31F4N3O4/c1-41-30(31(33,34)35,22-10-6-3-7-11-22)27(39)38-16-14-29(15-17-38)25(19-36-28(40)37-29)24-13-12-23(32)18-26(24)42-20-21-8-4-2-5-9-21/h2-13,18,25H,14-17,19-20H2,1H3,(H2,36,37,40)/t25?,30-/m1/s1. The number of rotatable bonds is 7. The lowest BCUT2D eigenvalue weighted by Crippen LogP contribution is -2.67. The summed E-state index contributed by atoms with van der Waals surface area (Å²) in [5.74, 6) is -1.82. The summed E-state index contributed by atoms with van der Waals surface area (Å²) < 4.78 is 69.0. The normalized spacial score (nSPS) is 19.9. The summed E-state index contributed by atoms with van der Waals surface area (Å²) in [6, 6.07) is 20.0. The van der Waals surface area contributed by atoms with Crippen LogP contribution in [0, 0.1) is 5.82 Å². The summed E-state index contributed by atoms with van der Waals surface area (Å²) in [4.78, 5) is 27.3. The molecular formula is C31H31F4N3O4. The molecule has 0 aliphatic carbocycles. The van der Waals surface area contributed by atoms with Crippen molar-refractivity contribution in [1.82, 2.24) is 15.5 Å². The molecule has 2 aliphatic rings. The van der Waals surface area contributed by atoms with E-state index in [2.05, 4.69) is 10.6 Å². The number of likely N-dealkylation sites (tertiary alicyclic amines) is 1. The second kappa shape index (κ2) is 11.6. The minimum Gasteiger partial charge on any atom is -0.489 e. The first-order valence-corrected chi connectivity index (χ1v) is 13.6. The highest BCUT2D eigenvalue weighted by atomic mass is 19.4. The first-order valence-electron chi connectivity index (χ1n) is 13.6. The minimum absolute atomic E-state index is 0.0644. The Bertz CT molecular complexity index is 1410. The van der Waals surface area contributed by atoms with Crippen LogP contribution in [0.4, 0.5) is 22.4 Å². The lowest BCUT2D eigenvalue weighted by atomic mass is 9.71. The van der Waals surface area contributed by atoms with E-state index in [0.717, 1.165) is 17.6 Å². The van der Waals surface area contributed by atoms with Crippen molar-refractivity contribution >= 4 is 11.9 Å². The maximum absolute atomic E-state index is 14.5. The van der Waals surface area contributed by atoms with Gasteiger partial charge in [0.15, 0.2) is 0 Å². The van der Waals surface area contributed by atoms with Crippen LogP contribution in [0.25, 0.3) is 0 Å². The number of hydrogen-bond acceptors (Lipinski definition) is 4. The lowest BCUT2D eigenvalue weighted by Gasteiger charge is -2.50. The predicted octanol–water partition coefficient (Wildman–Crippen LogP) is 5.27. The molecule has 0 radical (unpaired) electrons. The van der Waals surface area contributed by atoms with Gasteiger partial charge in [0.05, 0.1) is 5.54 Å². The monoisotopic (exact) mass is 585 g/mol. The zero-order valence-electron chi connectivity index (χ0n) is 22.9. The minimum atomic E-state index is -5.03. The summed E-state index contributed by atoms with van der Waals surface area (Å²) >= 11 is 0. The van der Waals surface area contributed by atoms with Crippen molar-refractivity contribution in [2.45, 2.75) is 42.7 Å². The fourth-order valence-corrected chi connectivity index (χ4v) is 6.02. The number of carbonyl (C=O) groups excluding carboxylic acids is 2. The quantitative estimate of drug-likeness (QED) is 0.371. The van der Waals surface area contributed by atoms with Crippen LogP contribution < -0.4 is 15.4 Å². The first-order chi connectivity index (χ1) is 20.1. The number of carbonyl (C=O) groups is 2. The number of alkyl halides is 3. The molecule has 5 rings (SSSR count). The van der Waals surface area contributed by atoms with E-state index in [1.165, 1.54) is 36.4 Å². The van der Waals surface area contributed by atoms with E-state index in [4.69, 9.17) is 9.47 Å². The number of halogens is 4. The zero-order chi connectivity index (χ0) is 30.0. The Morgan fingerprint density at radius 3 is 2.26 bits per heavy atom. The topological polar surface area (TPSA) is 79.9 Å². The van der Waals surface area contributed by atoms with Crippen LogP contribution in [0.2, 0.25) is 0 Å². The van der Waals surface area contributed by atoms with Crippen LogP contribution >= 0.6 is 0 Å². The van der Waals surface area contributed by atoms with E-state index in [-0.39, 0.29) is 44.6 Å². The van der Waals surface area contributed by atoms with E-state index in [1.807, 2.05) is 30.3 Å². The Morgan fingerprint density at radius 1 is 1.00 bits per heavy atom. The molecule has 0 saturated carbocycles. The molecule has 2 aliphatic heterocycles. The van der Waals surface area contributed by atoms with Gasteiger partial charge in [-0.15, -0.1) is 0 Å². The summed E-state index contributed by atoms with van der Waals surface area (Å²) in [5, 5.41) is 5.76. The molecule has 2 fully saturated rings. The Kier molecular flexibility index (Phi) is 8.14. The van der Waals surface area contributed by atoms with Crippen molar-refractivity contribution < 1.29 is 36.6 Å². The van der Waals surface area contributed by atoms with Crippen molar-refractivity contribution in [3.63, 3.8) is 0 Å². The molecule has 1 unspecified atom stereocenters. The van der Waals surface area contributed by atoms with Gasteiger partial charge < -0.3 is 25.0 Å². The van der Waals surface area contributed by atoms with Gasteiger partial charge in [0.2, 0.25) is 0 Å². The SMILES string of the molecule is CO[C@@](C(=O)N1CCC2(CC1)NC(=O)NCC2c1ccc(F)cc1OCc1ccccc1)(c1ccccc1)C(F)(F)F. The summed E-state index contributed by atoms with van der Waals surface area (Å²) in [7, 11) is 0.873. The number of amides is 3. The van der Waals surface area contributed by atoms with Gasteiger partial charge in [-0.3, -0.25) is 4.79 Å². The average molecular weight is 586 g/mol. The molecule has 7 nitrogen and oxygen atoms in total. The molecule has 0 aromatic heterocycles. The number of nitrogens with zero attached hydrogens (tertiary/aromatic N) is 1. The van der Waals surface area contributed by atoms with Crippen molar-refractivity contribution in [3.8, 4) is 5.75 Å². The van der Waals surface area contributed by atoms with Crippen molar-refractivity contribution in [2.24, 2.45) is 0 Å². The highest BCUT2D eigenvalue weighted by Gasteiger charge is 2.64. The predicted molar refractivity (Wildman–Crippen MR) is 146 cm³/mol. The van der Waals surface area contributed by atoms with Crippen LogP contribution in [0.1, 0.15) is 35.4 Å². The molecule has 222 valence electrons. The van der Waals surface area contributed by atoms with Crippen LogP contribution in [0.5, 0.6) is 5.75 Å². The van der Waals surface area contributed by atoms with Gasteiger partial charge >= 0.3 is 12.2 Å². The van der Waals surface area contributed by atoms with Gasteiger partial charge in [0, 0.05) is 49.9 Å². The van der Waals surface area contributed by atoms with Crippen molar-refractivity contribution in [2.75, 3.05) is 26.7 Å². The van der Waals surface area contributed by atoms with Gasteiger partial charge in [-0.25, -0.2) is 9.18 Å². The Morgan fingerprint density at radius 2 is 1.64 bits per heavy atom. The van der Waals surface area contributed by atoms with Gasteiger partial charge in [-0.2, -0.15) is 13.2 Å². The molecule has 2 N–H and O–H groups in total. The fourth-order valence-electron chi connectivity index (χ4n) is 6.02. The van der Waals surface area contributed by atoms with Crippen LogP contribution in [-0.2, 0) is 21.7 Å². The van der Waals surface area contributed by atoms with E-state index in [1.54, 1.807) is 12.1 Å². The molecule has 0 bridgehead atoms. The number of urea groups is 1. The third-order valence-corrected chi connectivity index (χ3v) is 8.21. The van der Waals surface area contributed by atoms with Gasteiger partial charge in [0.25, 0.3) is 11.5 Å². The zero-order valence-corrected chi connectivity index (χ0v) is 22.9. The molecular weight excluding hydrogens is 554 g/mol. The molecule has 42 heavy (non-hydrogen) atoms. The first kappa shape index (κ1) is 29.4. The van der Waals surface area contributed by atoms with Gasteiger partial charge in [-0.1, -0.05) is 66.7 Å². The highest BCUT2D eigenvalue weighted by molar-refractivity contribution is 5.88. The second-order valence-corrected chi connectivity index (χ2v) is 10.5. The highest BCUT2D eigenvalue weighted by Crippen LogP contribution is 2.46. The van der Waals surface area contributed by atoms with E-state index in [0.29, 0.717) is 11.3 Å². The maximum atomic E-state index is 14.5. The molecule has 3 amide bonds. The molecule has 11 heteroatoms. The number of piperidine rings is 1. The largest absolute Gasteiger partial charge is 0.489 e. The lowest BCUT2D eigenvalue weighted by molar-refractivity contribution is -0.270. The third kappa shape index (κ3) is 5.40. The van der Waals surface area contributed by atoms with E-state index in [9.17, 15) is 27.2 Å². The van der Waals surface area contributed by atoms with Crippen LogP contribution in [0.3, 0.4) is 0 Å². The Labute approximate surface area is 240 Å².